The van der Waals surface area contributed by atoms with E-state index in [9.17, 15) is 9.59 Å². The quantitative estimate of drug-likeness (QED) is 0.347. The van der Waals surface area contributed by atoms with Gasteiger partial charge in [0.1, 0.15) is 5.82 Å². The largest absolute Gasteiger partial charge is 0.346 e. The molecule has 2 heterocycles. The molecule has 0 spiro atoms. The summed E-state index contributed by atoms with van der Waals surface area (Å²) in [4.78, 5) is 34.5. The van der Waals surface area contributed by atoms with Gasteiger partial charge in [-0.1, -0.05) is 44.5 Å². The van der Waals surface area contributed by atoms with E-state index in [1.165, 1.54) is 0 Å². The second kappa shape index (κ2) is 10.6. The van der Waals surface area contributed by atoms with Crippen LogP contribution in [0, 0.1) is 5.92 Å². The SMILES string of the molecule is CC(C)CC(NC(=O)CCCCCn1cnc2ccccc2c1=O)c1nc2ccccc2n1C. The molecule has 4 rings (SSSR count). The lowest BCUT2D eigenvalue weighted by atomic mass is 10.0. The molecule has 0 aliphatic rings. The molecule has 0 saturated carbocycles. The van der Waals surface area contributed by atoms with Crippen LogP contribution >= 0.6 is 0 Å². The predicted octanol–water partition coefficient (Wildman–Crippen LogP) is 4.75. The first-order valence-electron chi connectivity index (χ1n) is 12.1. The minimum Gasteiger partial charge on any atom is -0.346 e. The van der Waals surface area contributed by atoms with Crippen LogP contribution in [0.4, 0.5) is 0 Å². The van der Waals surface area contributed by atoms with Crippen molar-refractivity contribution in [2.45, 2.75) is 58.5 Å². The lowest BCUT2D eigenvalue weighted by Crippen LogP contribution is -2.31. The van der Waals surface area contributed by atoms with Crippen LogP contribution < -0.4 is 10.9 Å². The van der Waals surface area contributed by atoms with Crippen molar-refractivity contribution in [3.05, 3.63) is 71.0 Å². The molecule has 1 N–H and O–H groups in total. The topological polar surface area (TPSA) is 81.8 Å². The van der Waals surface area contributed by atoms with Crippen molar-refractivity contribution in [2.75, 3.05) is 0 Å². The second-order valence-corrected chi connectivity index (χ2v) is 9.34. The van der Waals surface area contributed by atoms with E-state index in [1.807, 2.05) is 49.5 Å². The summed E-state index contributed by atoms with van der Waals surface area (Å²) < 4.78 is 3.74. The lowest BCUT2D eigenvalue weighted by Gasteiger charge is -2.20. The number of nitrogens with zero attached hydrogens (tertiary/aromatic N) is 4. The number of rotatable bonds is 10. The summed E-state index contributed by atoms with van der Waals surface area (Å²) in [7, 11) is 2.01. The maximum Gasteiger partial charge on any atom is 0.261 e. The molecule has 0 bridgehead atoms. The fourth-order valence-electron chi connectivity index (χ4n) is 4.45. The summed E-state index contributed by atoms with van der Waals surface area (Å²) >= 11 is 0. The standard InChI is InChI=1S/C27H33N5O2/c1-19(2)17-23(26-30-22-13-8-9-14-24(22)31(26)3)29-25(33)15-5-4-10-16-32-18-28-21-12-7-6-11-20(21)27(32)34/h6-9,11-14,18-19,23H,4-5,10,15-17H2,1-3H3,(H,29,33). The van der Waals surface area contributed by atoms with Gasteiger partial charge >= 0.3 is 0 Å². The van der Waals surface area contributed by atoms with Crippen LogP contribution in [-0.4, -0.2) is 25.0 Å². The molecule has 0 aliphatic heterocycles. The first kappa shape index (κ1) is 23.7. The van der Waals surface area contributed by atoms with Gasteiger partial charge in [-0.2, -0.15) is 0 Å². The Morgan fingerprint density at radius 3 is 2.50 bits per heavy atom. The van der Waals surface area contributed by atoms with E-state index in [1.54, 1.807) is 10.9 Å². The van der Waals surface area contributed by atoms with E-state index in [0.29, 0.717) is 24.3 Å². The first-order chi connectivity index (χ1) is 16.4. The van der Waals surface area contributed by atoms with Gasteiger partial charge in [-0.05, 0) is 49.4 Å². The van der Waals surface area contributed by atoms with Crippen molar-refractivity contribution in [3.63, 3.8) is 0 Å². The highest BCUT2D eigenvalue weighted by atomic mass is 16.1. The molecule has 7 nitrogen and oxygen atoms in total. The molecule has 34 heavy (non-hydrogen) atoms. The lowest BCUT2D eigenvalue weighted by molar-refractivity contribution is -0.122. The van der Waals surface area contributed by atoms with Gasteiger partial charge in [0.05, 0.1) is 34.3 Å². The van der Waals surface area contributed by atoms with Crippen molar-refractivity contribution >= 4 is 27.8 Å². The minimum atomic E-state index is -0.118. The Morgan fingerprint density at radius 1 is 1.00 bits per heavy atom. The van der Waals surface area contributed by atoms with Crippen molar-refractivity contribution in [2.24, 2.45) is 13.0 Å². The molecule has 1 amide bonds. The fraction of sp³-hybridized carbons (Fsp3) is 0.407. The van der Waals surface area contributed by atoms with Crippen LogP contribution in [0.2, 0.25) is 0 Å². The summed E-state index contributed by atoms with van der Waals surface area (Å²) in [6.45, 7) is 4.92. The number of para-hydroxylation sites is 3. The zero-order valence-electron chi connectivity index (χ0n) is 20.2. The molecule has 2 aromatic carbocycles. The number of hydrogen-bond donors (Lipinski definition) is 1. The van der Waals surface area contributed by atoms with E-state index < -0.39 is 0 Å². The second-order valence-electron chi connectivity index (χ2n) is 9.34. The van der Waals surface area contributed by atoms with Gasteiger partial charge in [-0.25, -0.2) is 9.97 Å². The van der Waals surface area contributed by atoms with Crippen LogP contribution in [0.5, 0.6) is 0 Å². The molecule has 4 aromatic rings. The normalized spacial score (nSPS) is 12.5. The number of carbonyl (C=O) groups excluding carboxylic acids is 1. The molecule has 2 aromatic heterocycles. The monoisotopic (exact) mass is 459 g/mol. The molecule has 0 radical (unpaired) electrons. The number of aromatic nitrogens is 4. The molecule has 0 saturated heterocycles. The van der Waals surface area contributed by atoms with E-state index >= 15 is 0 Å². The minimum absolute atomic E-state index is 0.0117. The number of nitrogens with one attached hydrogen (secondary N) is 1. The first-order valence-corrected chi connectivity index (χ1v) is 12.1. The van der Waals surface area contributed by atoms with E-state index in [4.69, 9.17) is 4.98 Å². The number of fused-ring (bicyclic) bond motifs is 2. The highest BCUT2D eigenvalue weighted by Crippen LogP contribution is 2.24. The molecular weight excluding hydrogens is 426 g/mol. The molecular formula is C27H33N5O2. The van der Waals surface area contributed by atoms with Crippen LogP contribution in [0.25, 0.3) is 21.9 Å². The average Bonchev–Trinajstić information content (AvgIpc) is 3.16. The van der Waals surface area contributed by atoms with Gasteiger partial charge in [0, 0.05) is 20.0 Å². The zero-order valence-corrected chi connectivity index (χ0v) is 20.2. The number of unbranched alkanes of at least 4 members (excludes halogenated alkanes) is 2. The Balaban J connectivity index is 1.31. The molecule has 1 atom stereocenters. The zero-order chi connectivity index (χ0) is 24.1. The van der Waals surface area contributed by atoms with Crippen molar-refractivity contribution in [1.29, 1.82) is 0 Å². The summed E-state index contributed by atoms with van der Waals surface area (Å²) in [6.07, 6.45) is 5.38. The third kappa shape index (κ3) is 5.35. The van der Waals surface area contributed by atoms with Gasteiger partial charge in [0.15, 0.2) is 0 Å². The number of carbonyl (C=O) groups is 1. The summed E-state index contributed by atoms with van der Waals surface area (Å²) in [5, 5.41) is 3.86. The number of benzene rings is 2. The summed E-state index contributed by atoms with van der Waals surface area (Å²) in [5.41, 5.74) is 2.72. The average molecular weight is 460 g/mol. The van der Waals surface area contributed by atoms with E-state index in [-0.39, 0.29) is 17.5 Å². The fourth-order valence-corrected chi connectivity index (χ4v) is 4.45. The van der Waals surface area contributed by atoms with E-state index in [0.717, 1.165) is 48.1 Å². The van der Waals surface area contributed by atoms with Crippen LogP contribution in [0.15, 0.2) is 59.7 Å². The maximum absolute atomic E-state index is 12.8. The number of amides is 1. The third-order valence-corrected chi connectivity index (χ3v) is 6.21. The predicted molar refractivity (Wildman–Crippen MR) is 136 cm³/mol. The van der Waals surface area contributed by atoms with Crippen LogP contribution in [0.3, 0.4) is 0 Å². The third-order valence-electron chi connectivity index (χ3n) is 6.21. The number of hydrogen-bond acceptors (Lipinski definition) is 4. The molecule has 1 unspecified atom stereocenters. The summed E-state index contributed by atoms with van der Waals surface area (Å²) in [5.74, 6) is 1.37. The maximum atomic E-state index is 12.8. The smallest absolute Gasteiger partial charge is 0.261 e. The Hall–Kier alpha value is -3.48. The van der Waals surface area contributed by atoms with Crippen molar-refractivity contribution < 1.29 is 4.79 Å². The Morgan fingerprint density at radius 2 is 1.74 bits per heavy atom. The van der Waals surface area contributed by atoms with Crippen molar-refractivity contribution in [1.82, 2.24) is 24.4 Å². The van der Waals surface area contributed by atoms with E-state index in [2.05, 4.69) is 34.8 Å². The van der Waals surface area contributed by atoms with Gasteiger partial charge < -0.3 is 9.88 Å². The Kier molecular flexibility index (Phi) is 7.40. The molecule has 7 heteroatoms. The highest BCUT2D eigenvalue weighted by Gasteiger charge is 2.21. The van der Waals surface area contributed by atoms with Gasteiger partial charge in [-0.3, -0.25) is 14.2 Å². The van der Waals surface area contributed by atoms with Gasteiger partial charge in [0.2, 0.25) is 5.91 Å². The van der Waals surface area contributed by atoms with Gasteiger partial charge in [0.25, 0.3) is 5.56 Å². The molecule has 0 aliphatic carbocycles. The number of aryl methyl sites for hydroxylation is 2. The van der Waals surface area contributed by atoms with Crippen molar-refractivity contribution in [3.8, 4) is 0 Å². The molecule has 178 valence electrons. The van der Waals surface area contributed by atoms with Crippen LogP contribution in [-0.2, 0) is 18.4 Å². The van der Waals surface area contributed by atoms with Crippen LogP contribution in [0.1, 0.15) is 57.8 Å². The Bertz CT molecular complexity index is 1340. The Labute approximate surface area is 199 Å². The summed E-state index contributed by atoms with van der Waals surface area (Å²) in [6, 6.07) is 15.3. The molecule has 0 fully saturated rings. The number of imidazole rings is 1. The van der Waals surface area contributed by atoms with Gasteiger partial charge in [-0.15, -0.1) is 0 Å². The highest BCUT2D eigenvalue weighted by molar-refractivity contribution is 5.78.